The van der Waals surface area contributed by atoms with Crippen molar-refractivity contribution in [3.05, 3.63) is 0 Å². The highest BCUT2D eigenvalue weighted by Gasteiger charge is 2.39. The Bertz CT molecular complexity index is 158. The monoisotopic (exact) mass is 190 g/mol. The summed E-state index contributed by atoms with van der Waals surface area (Å²) < 4.78 is 4.58. The lowest BCUT2D eigenvalue weighted by Crippen LogP contribution is -2.41. The summed E-state index contributed by atoms with van der Waals surface area (Å²) in [5, 5.41) is 9.04. The largest absolute Gasteiger partial charge is 0.480 e. The number of aliphatic carboxylic acids is 1. The Kier molecular flexibility index (Phi) is 3.40. The molecule has 0 radical (unpaired) electrons. The van der Waals surface area contributed by atoms with Gasteiger partial charge in [-0.25, -0.2) is 0 Å². The summed E-state index contributed by atoms with van der Waals surface area (Å²) >= 11 is 1.53. The van der Waals surface area contributed by atoms with Crippen LogP contribution in [0.15, 0.2) is 0 Å². The van der Waals surface area contributed by atoms with Crippen molar-refractivity contribution in [2.45, 2.75) is 24.5 Å². The average Bonchev–Trinajstić information content (AvgIpc) is 2.06. The van der Waals surface area contributed by atoms with Crippen LogP contribution in [0.25, 0.3) is 0 Å². The molecule has 0 aromatic heterocycles. The van der Waals surface area contributed by atoms with Gasteiger partial charge in [-0.15, -0.1) is 11.8 Å². The van der Waals surface area contributed by atoms with Crippen LogP contribution in [-0.2, 0) is 9.53 Å². The first-order valence-electron chi connectivity index (χ1n) is 4.16. The minimum absolute atomic E-state index is 0.562. The van der Waals surface area contributed by atoms with E-state index in [1.807, 2.05) is 6.92 Å². The number of thioether (sulfide) groups is 1. The van der Waals surface area contributed by atoms with E-state index >= 15 is 0 Å². The first-order valence-corrected chi connectivity index (χ1v) is 5.15. The third kappa shape index (κ3) is 1.93. The summed E-state index contributed by atoms with van der Waals surface area (Å²) in [4.78, 5) is 11.0. The van der Waals surface area contributed by atoms with Gasteiger partial charge in [0.1, 0.15) is 4.75 Å². The van der Waals surface area contributed by atoms with Gasteiger partial charge in [-0.2, -0.15) is 0 Å². The molecule has 1 saturated heterocycles. The first kappa shape index (κ1) is 9.86. The van der Waals surface area contributed by atoms with Gasteiger partial charge in [0, 0.05) is 13.2 Å². The smallest absolute Gasteiger partial charge is 0.319 e. The van der Waals surface area contributed by atoms with Crippen molar-refractivity contribution in [3.8, 4) is 0 Å². The van der Waals surface area contributed by atoms with Gasteiger partial charge in [0.2, 0.25) is 0 Å². The van der Waals surface area contributed by atoms with Gasteiger partial charge in [-0.3, -0.25) is 4.79 Å². The standard InChI is InChI=1S/C8H14O3S/c1-2-12-8(7(9)10)3-5-11-6-4-8/h2-6H2,1H3,(H,9,10). The zero-order valence-electron chi connectivity index (χ0n) is 7.21. The van der Waals surface area contributed by atoms with E-state index in [2.05, 4.69) is 0 Å². The molecule has 0 aromatic rings. The van der Waals surface area contributed by atoms with Crippen LogP contribution in [0.4, 0.5) is 0 Å². The van der Waals surface area contributed by atoms with Gasteiger partial charge >= 0.3 is 5.97 Å². The molecular weight excluding hydrogens is 176 g/mol. The molecule has 1 rings (SSSR count). The van der Waals surface area contributed by atoms with E-state index in [0.717, 1.165) is 5.75 Å². The van der Waals surface area contributed by atoms with Crippen LogP contribution in [0.1, 0.15) is 19.8 Å². The molecule has 0 unspecified atom stereocenters. The summed E-state index contributed by atoms with van der Waals surface area (Å²) in [7, 11) is 0. The minimum Gasteiger partial charge on any atom is -0.480 e. The van der Waals surface area contributed by atoms with Crippen LogP contribution in [0, 0.1) is 0 Å². The van der Waals surface area contributed by atoms with Crippen LogP contribution in [0.5, 0.6) is 0 Å². The number of carbonyl (C=O) groups is 1. The Morgan fingerprint density at radius 2 is 2.17 bits per heavy atom. The second kappa shape index (κ2) is 4.14. The fraction of sp³-hybridized carbons (Fsp3) is 0.875. The Morgan fingerprint density at radius 3 is 2.58 bits per heavy atom. The molecule has 0 bridgehead atoms. The highest BCUT2D eigenvalue weighted by molar-refractivity contribution is 8.01. The number of ether oxygens (including phenoxy) is 1. The summed E-state index contributed by atoms with van der Waals surface area (Å²) in [5.74, 6) is 0.171. The van der Waals surface area contributed by atoms with Crippen molar-refractivity contribution in [2.75, 3.05) is 19.0 Å². The number of carboxylic acids is 1. The third-order valence-electron chi connectivity index (χ3n) is 2.11. The molecule has 0 aliphatic carbocycles. The van der Waals surface area contributed by atoms with E-state index in [1.54, 1.807) is 0 Å². The molecule has 1 heterocycles. The van der Waals surface area contributed by atoms with E-state index in [0.29, 0.717) is 26.1 Å². The highest BCUT2D eigenvalue weighted by Crippen LogP contribution is 2.35. The van der Waals surface area contributed by atoms with Crippen LogP contribution < -0.4 is 0 Å². The minimum atomic E-state index is -0.683. The maximum Gasteiger partial charge on any atom is 0.319 e. The molecule has 12 heavy (non-hydrogen) atoms. The molecule has 1 fully saturated rings. The summed E-state index contributed by atoms with van der Waals surface area (Å²) in [5.41, 5.74) is 0. The van der Waals surface area contributed by atoms with Crippen molar-refractivity contribution < 1.29 is 14.6 Å². The topological polar surface area (TPSA) is 46.5 Å². The lowest BCUT2D eigenvalue weighted by atomic mass is 9.99. The number of carboxylic acid groups (broad SMARTS) is 1. The normalized spacial score (nSPS) is 22.1. The molecule has 0 atom stereocenters. The Labute approximate surface area is 76.5 Å². The molecule has 70 valence electrons. The van der Waals surface area contributed by atoms with E-state index in [-0.39, 0.29) is 0 Å². The van der Waals surface area contributed by atoms with Crippen molar-refractivity contribution in [3.63, 3.8) is 0 Å². The second-order valence-corrected chi connectivity index (χ2v) is 4.49. The molecule has 0 amide bonds. The van der Waals surface area contributed by atoms with Gasteiger partial charge in [0.25, 0.3) is 0 Å². The Morgan fingerprint density at radius 1 is 1.58 bits per heavy atom. The summed E-state index contributed by atoms with van der Waals surface area (Å²) in [6.07, 6.45) is 1.28. The first-order chi connectivity index (χ1) is 5.71. The van der Waals surface area contributed by atoms with Gasteiger partial charge < -0.3 is 9.84 Å². The lowest BCUT2D eigenvalue weighted by Gasteiger charge is -2.31. The van der Waals surface area contributed by atoms with E-state index in [1.165, 1.54) is 11.8 Å². The molecule has 3 nitrogen and oxygen atoms in total. The third-order valence-corrected chi connectivity index (χ3v) is 3.53. The lowest BCUT2D eigenvalue weighted by molar-refractivity contribution is -0.142. The van der Waals surface area contributed by atoms with Crippen LogP contribution >= 0.6 is 11.8 Å². The molecule has 0 spiro atoms. The van der Waals surface area contributed by atoms with E-state index in [9.17, 15) is 4.79 Å². The molecule has 1 aliphatic rings. The Balaban J connectivity index is 2.63. The number of hydrogen-bond donors (Lipinski definition) is 1. The predicted octanol–water partition coefficient (Wildman–Crippen LogP) is 1.37. The Hall–Kier alpha value is -0.220. The van der Waals surface area contributed by atoms with Crippen molar-refractivity contribution in [1.29, 1.82) is 0 Å². The van der Waals surface area contributed by atoms with Gasteiger partial charge in [-0.1, -0.05) is 6.92 Å². The zero-order chi connectivity index (χ0) is 9.03. The van der Waals surface area contributed by atoms with Gasteiger partial charge in [-0.05, 0) is 18.6 Å². The van der Waals surface area contributed by atoms with Gasteiger partial charge in [0.05, 0.1) is 0 Å². The zero-order valence-corrected chi connectivity index (χ0v) is 8.02. The van der Waals surface area contributed by atoms with Crippen molar-refractivity contribution >= 4 is 17.7 Å². The van der Waals surface area contributed by atoms with Crippen molar-refractivity contribution in [2.24, 2.45) is 0 Å². The molecule has 0 saturated carbocycles. The summed E-state index contributed by atoms with van der Waals surface area (Å²) in [6.45, 7) is 3.16. The quantitative estimate of drug-likeness (QED) is 0.730. The molecule has 1 aliphatic heterocycles. The van der Waals surface area contributed by atoms with Crippen LogP contribution in [0.3, 0.4) is 0 Å². The molecule has 0 aromatic carbocycles. The van der Waals surface area contributed by atoms with Crippen LogP contribution in [-0.4, -0.2) is 34.8 Å². The number of rotatable bonds is 3. The number of hydrogen-bond acceptors (Lipinski definition) is 3. The molecule has 1 N–H and O–H groups in total. The fourth-order valence-corrected chi connectivity index (χ4v) is 2.53. The second-order valence-electron chi connectivity index (χ2n) is 2.84. The highest BCUT2D eigenvalue weighted by atomic mass is 32.2. The molecule has 4 heteroatoms. The SMILES string of the molecule is CCSC1(C(=O)O)CCOCC1. The maximum atomic E-state index is 11.0. The molecular formula is C8H14O3S. The van der Waals surface area contributed by atoms with E-state index < -0.39 is 10.7 Å². The van der Waals surface area contributed by atoms with E-state index in [4.69, 9.17) is 9.84 Å². The predicted molar refractivity (Wildman–Crippen MR) is 48.6 cm³/mol. The van der Waals surface area contributed by atoms with Gasteiger partial charge in [0.15, 0.2) is 0 Å². The maximum absolute atomic E-state index is 11.0. The van der Waals surface area contributed by atoms with Crippen LogP contribution in [0.2, 0.25) is 0 Å². The van der Waals surface area contributed by atoms with Crippen molar-refractivity contribution in [1.82, 2.24) is 0 Å². The summed E-state index contributed by atoms with van der Waals surface area (Å²) in [6, 6.07) is 0. The average molecular weight is 190 g/mol. The fourth-order valence-electron chi connectivity index (χ4n) is 1.40.